The first-order chi connectivity index (χ1) is 40.8. The number of anilines is 2. The SMILES string of the molecule is COc1c(N2CCC(C3(N4CCN(/N=C/c5c6c(O)c7c(O)c(C)c8c(c7c5O)C(=O)[C@@](C)(O/C=C/[C@H](OC)[C@@H](C)[C@@H](OC(C)=O)[C@H](C)[C@H](O)[C@H](C)[C@@H](O)[C@@H](C)/C=C/C=C(/C)C(=O)N6)O8)CC4)CC3)C2)c(F)cc2c(=O)c(C(=O)O)cn(C3CC3)c12. The Balaban J connectivity index is 0.951. The van der Waals surface area contributed by atoms with Crippen LogP contribution in [0, 0.1) is 42.3 Å². The van der Waals surface area contributed by atoms with Crippen molar-refractivity contribution in [2.75, 3.05) is 63.7 Å². The van der Waals surface area contributed by atoms with Gasteiger partial charge in [0.05, 0.1) is 71.0 Å². The van der Waals surface area contributed by atoms with E-state index in [0.717, 1.165) is 38.2 Å². The highest BCUT2D eigenvalue weighted by Gasteiger charge is 2.56. The summed E-state index contributed by atoms with van der Waals surface area (Å²) in [5.74, 6) is -10.7. The Morgan fingerprint density at radius 1 is 0.895 bits per heavy atom. The lowest BCUT2D eigenvalue weighted by Crippen LogP contribution is -2.53. The van der Waals surface area contributed by atoms with Crippen LogP contribution in [0.5, 0.6) is 28.7 Å². The Morgan fingerprint density at radius 3 is 2.22 bits per heavy atom. The molecule has 2 saturated heterocycles. The Hall–Kier alpha value is -7.73. The molecule has 5 aliphatic heterocycles. The number of pyridine rings is 1. The van der Waals surface area contributed by atoms with E-state index in [4.69, 9.17) is 28.8 Å². The molecule has 11 rings (SSSR count). The number of aliphatic hydroxyl groups excluding tert-OH is 2. The molecule has 462 valence electrons. The number of halogens is 1. The summed E-state index contributed by atoms with van der Waals surface area (Å²) in [6.45, 7) is 15.4. The van der Waals surface area contributed by atoms with Crippen LogP contribution in [0.25, 0.3) is 21.7 Å². The number of aromatic carboxylic acids is 1. The minimum absolute atomic E-state index is 0.0123. The number of carbonyl (C=O) groups excluding carboxylic acids is 3. The van der Waals surface area contributed by atoms with Gasteiger partial charge in [0.2, 0.25) is 5.43 Å². The van der Waals surface area contributed by atoms with E-state index in [-0.39, 0.29) is 78.8 Å². The van der Waals surface area contributed by atoms with Crippen LogP contribution in [0.2, 0.25) is 0 Å². The van der Waals surface area contributed by atoms with Crippen LogP contribution < -0.4 is 25.1 Å². The normalized spacial score (nSPS) is 29.6. The Kier molecular flexibility index (Phi) is 16.8. The van der Waals surface area contributed by atoms with Crippen molar-refractivity contribution >= 4 is 62.9 Å². The van der Waals surface area contributed by atoms with E-state index in [2.05, 4.69) is 10.2 Å². The number of methoxy groups -OCH3 is 2. The summed E-state index contributed by atoms with van der Waals surface area (Å²) < 4.78 is 48.0. The maximum atomic E-state index is 16.4. The van der Waals surface area contributed by atoms with Gasteiger partial charge in [0.1, 0.15) is 34.6 Å². The maximum absolute atomic E-state index is 16.4. The zero-order valence-corrected chi connectivity index (χ0v) is 50.1. The van der Waals surface area contributed by atoms with Gasteiger partial charge in [-0.3, -0.25) is 29.1 Å². The molecule has 1 amide bonds. The molecule has 5 bridgehead atoms. The molecule has 2 saturated carbocycles. The molecule has 86 heavy (non-hydrogen) atoms. The highest BCUT2D eigenvalue weighted by Crippen LogP contribution is 2.56. The molecule has 23 heteroatoms. The number of allylic oxidation sites excluding steroid dienone is 2. The summed E-state index contributed by atoms with van der Waals surface area (Å²) in [4.78, 5) is 71.4. The van der Waals surface area contributed by atoms with Gasteiger partial charge < -0.3 is 69.1 Å². The second-order valence-corrected chi connectivity index (χ2v) is 24.3. The zero-order valence-electron chi connectivity index (χ0n) is 50.1. The van der Waals surface area contributed by atoms with E-state index in [0.29, 0.717) is 44.8 Å². The van der Waals surface area contributed by atoms with Crippen LogP contribution >= 0.6 is 0 Å². The highest BCUT2D eigenvalue weighted by molar-refractivity contribution is 6.24. The van der Waals surface area contributed by atoms with E-state index < -0.39 is 112 Å². The molecule has 3 aromatic carbocycles. The molecule has 6 heterocycles. The standard InChI is InChI=1S/C63H77FN6O16/c1-30-12-11-13-31(2)60(79)66-47-40(27-65-69-23-21-68(22-24-69)63(18-19-63)37-16-20-67(28-37)49-42(64)26-39-48(58(49)83-10)70(38-14-15-38)29-41(53(39)75)61(80)81)54(76)44-45(55(47)77)52(74)35(6)57-46(44)59(78)62(8,86-57)84-25-17-43(82-9)32(3)56(85-36(7)71)34(5)51(73)33(4)50(30)72/h11-13,17,25-27,29-30,32-34,37-38,43,50-51,56,72-74,76-77H,14-16,18-24,28H2,1-10H3,(H,66,79)(H,80,81)/b12-11+,25-17+,31-13-,65-27+/t30-,32+,33+,34+,37?,43-,50-,51+,56+,62-/m0/s1. The van der Waals surface area contributed by atoms with Crippen LogP contribution in [0.15, 0.2) is 58.3 Å². The number of Topliss-reactive ketones (excluding diaryl/α,β-unsaturated/α-hetero) is 1. The van der Waals surface area contributed by atoms with Crippen molar-refractivity contribution in [3.8, 4) is 28.7 Å². The van der Waals surface area contributed by atoms with Gasteiger partial charge >= 0.3 is 17.7 Å². The quantitative estimate of drug-likeness (QED) is 0.0356. The first kappa shape index (κ1) is 61.4. The largest absolute Gasteiger partial charge is 0.507 e. The van der Waals surface area contributed by atoms with Crippen molar-refractivity contribution in [1.29, 1.82) is 0 Å². The topological polar surface area (TPSA) is 292 Å². The zero-order chi connectivity index (χ0) is 62.2. The number of carboxylic acids is 1. The Morgan fingerprint density at radius 2 is 1.59 bits per heavy atom. The van der Waals surface area contributed by atoms with E-state index in [1.165, 1.54) is 72.7 Å². The average Bonchev–Trinajstić information content (AvgIpc) is 1.42. The number of carbonyl (C=O) groups is 4. The molecule has 2 aliphatic carbocycles. The van der Waals surface area contributed by atoms with Crippen LogP contribution in [0.4, 0.5) is 15.8 Å². The van der Waals surface area contributed by atoms with Crippen LogP contribution in [0.1, 0.15) is 118 Å². The minimum Gasteiger partial charge on any atom is -0.507 e. The van der Waals surface area contributed by atoms with E-state index >= 15 is 4.39 Å². The molecule has 4 fully saturated rings. The Bertz CT molecular complexity index is 3600. The fraction of sp³-hybridized carbons (Fsp3) is 0.524. The molecular weight excluding hydrogens is 1120 g/mol. The third kappa shape index (κ3) is 10.8. The van der Waals surface area contributed by atoms with Crippen molar-refractivity contribution < 1.29 is 77.9 Å². The number of fused-ring (bicyclic) bond motifs is 15. The number of hydrogen-bond donors (Lipinski definition) is 7. The first-order valence-electron chi connectivity index (χ1n) is 29.3. The number of hydrazone groups is 1. The lowest BCUT2D eigenvalue weighted by atomic mass is 9.78. The first-order valence-corrected chi connectivity index (χ1v) is 29.3. The van der Waals surface area contributed by atoms with Gasteiger partial charge in [-0.15, -0.1) is 0 Å². The van der Waals surface area contributed by atoms with Crippen LogP contribution in [0.3, 0.4) is 0 Å². The smallest absolute Gasteiger partial charge is 0.341 e. The lowest BCUT2D eigenvalue weighted by Gasteiger charge is -2.41. The summed E-state index contributed by atoms with van der Waals surface area (Å²) in [6, 6.07) is 1.10. The predicted molar refractivity (Wildman–Crippen MR) is 317 cm³/mol. The number of aromatic hydroxyl groups is 3. The minimum atomic E-state index is -2.12. The number of ether oxygens (including phenoxy) is 5. The fourth-order valence-electron chi connectivity index (χ4n) is 13.5. The van der Waals surface area contributed by atoms with Crippen molar-refractivity contribution in [1.82, 2.24) is 14.5 Å². The number of rotatable bonds is 10. The summed E-state index contributed by atoms with van der Waals surface area (Å²) in [6.07, 6.45) is 10.1. The fourth-order valence-corrected chi connectivity index (χ4v) is 13.5. The van der Waals surface area contributed by atoms with E-state index in [1.807, 2.05) is 4.90 Å². The van der Waals surface area contributed by atoms with Crippen LogP contribution in [-0.4, -0.2) is 164 Å². The molecular formula is C63H77FN6O16. The number of phenolic OH excluding ortho intramolecular Hbond substituents is 3. The lowest BCUT2D eigenvalue weighted by molar-refractivity contribution is -0.160. The van der Waals surface area contributed by atoms with Crippen LogP contribution in [-0.2, 0) is 23.8 Å². The summed E-state index contributed by atoms with van der Waals surface area (Å²) in [7, 11) is 2.85. The number of amides is 1. The van der Waals surface area contributed by atoms with Crippen molar-refractivity contribution in [2.24, 2.45) is 34.7 Å². The third-order valence-corrected chi connectivity index (χ3v) is 18.9. The number of piperazine rings is 1. The van der Waals surface area contributed by atoms with Gasteiger partial charge in [0.15, 0.2) is 17.3 Å². The molecule has 22 nitrogen and oxygen atoms in total. The van der Waals surface area contributed by atoms with Gasteiger partial charge in [-0.25, -0.2) is 9.18 Å². The molecule has 7 N–H and O–H groups in total. The number of aliphatic hydroxyl groups is 2. The number of benzene rings is 3. The third-order valence-electron chi connectivity index (χ3n) is 18.9. The summed E-state index contributed by atoms with van der Waals surface area (Å²) in [5, 5.41) is 78.3. The number of nitrogens with one attached hydrogen (secondary N) is 1. The van der Waals surface area contributed by atoms with Crippen molar-refractivity contribution in [2.45, 2.75) is 129 Å². The van der Waals surface area contributed by atoms with Crippen molar-refractivity contribution in [3.05, 3.63) is 86.7 Å². The van der Waals surface area contributed by atoms with Gasteiger partial charge in [-0.05, 0) is 64.0 Å². The van der Waals surface area contributed by atoms with Gasteiger partial charge in [0.25, 0.3) is 11.7 Å². The predicted octanol–water partition coefficient (Wildman–Crippen LogP) is 7.26. The second-order valence-electron chi connectivity index (χ2n) is 24.3. The number of aromatic nitrogens is 1. The summed E-state index contributed by atoms with van der Waals surface area (Å²) >= 11 is 0. The number of nitrogens with zero attached hydrogens (tertiary/aromatic N) is 5. The molecule has 7 aliphatic rings. The molecule has 4 aromatic rings. The summed E-state index contributed by atoms with van der Waals surface area (Å²) in [5.41, 5.74) is -1.40. The number of phenols is 3. The molecule has 0 radical (unpaired) electrons. The molecule has 10 atom stereocenters. The van der Waals surface area contributed by atoms with Gasteiger partial charge in [-0.2, -0.15) is 5.10 Å². The molecule has 1 unspecified atom stereocenters. The number of hydrogen-bond acceptors (Lipinski definition) is 19. The molecule has 0 spiro atoms. The number of carboxylic acid groups (broad SMARTS) is 1. The second kappa shape index (κ2) is 23.5. The Labute approximate surface area is 496 Å². The van der Waals surface area contributed by atoms with Gasteiger partial charge in [-0.1, -0.05) is 45.9 Å². The number of esters is 1. The maximum Gasteiger partial charge on any atom is 0.341 e. The number of ketones is 1. The average molecular weight is 1190 g/mol. The monoisotopic (exact) mass is 1190 g/mol. The van der Waals surface area contributed by atoms with Crippen molar-refractivity contribution in [3.63, 3.8) is 0 Å². The van der Waals surface area contributed by atoms with E-state index in [9.17, 15) is 54.6 Å². The highest BCUT2D eigenvalue weighted by atomic mass is 19.1. The van der Waals surface area contributed by atoms with E-state index in [1.54, 1.807) is 49.4 Å². The van der Waals surface area contributed by atoms with Gasteiger partial charge in [0, 0.05) is 118 Å². The molecule has 1 aromatic heterocycles.